The SMILES string of the molecule is CC(C)[Si](c1nc2cncc(C(C#N)NC(=O)[C@@H]3[C@@H]4[C@H](CN3C(=O)[C@@H](NC(=O)C(F)(F)F)C(C)(C)C)C4(C)C)c2s1)(C(C)C)C(C)C. The standard InChI is InChI=1S/C33H47F3N6O3SSi/c1-16(2)47(17(3)4,18(5)6)30-40-22-14-38-13-19(25(22)46-30)21(12-37)39-27(43)24-23-20(32(23,10)11)15-42(24)28(44)26(31(7,8)9)41-29(45)33(34,35)36/h13-14,16-18,20-21,23-24,26H,15H2,1-11H3,(H,39,43)(H,41,45)/t20-,21?,23-,24-,26+/m0/s1. The highest BCUT2D eigenvalue weighted by Gasteiger charge is 2.70. The number of hydrogen-bond donors (Lipinski definition) is 2. The van der Waals surface area contributed by atoms with Gasteiger partial charge >= 0.3 is 12.1 Å². The number of hydrogen-bond acceptors (Lipinski definition) is 7. The lowest BCUT2D eigenvalue weighted by atomic mass is 9.85. The number of thiazole rings is 1. The smallest absolute Gasteiger partial charge is 0.336 e. The predicted octanol–water partition coefficient (Wildman–Crippen LogP) is 5.83. The molecule has 3 heterocycles. The van der Waals surface area contributed by atoms with Crippen molar-refractivity contribution in [1.29, 1.82) is 5.26 Å². The number of fused-ring (bicyclic) bond motifs is 2. The summed E-state index contributed by atoms with van der Waals surface area (Å²) in [6, 6.07) is -1.47. The number of carbonyl (C=O) groups is 3. The normalized spacial score (nSPS) is 22.3. The zero-order valence-corrected chi connectivity index (χ0v) is 30.9. The van der Waals surface area contributed by atoms with Gasteiger partial charge in [-0.3, -0.25) is 19.4 Å². The van der Waals surface area contributed by atoms with Crippen molar-refractivity contribution in [3.8, 4) is 6.07 Å². The molecule has 2 fully saturated rings. The van der Waals surface area contributed by atoms with Crippen molar-refractivity contribution in [2.24, 2.45) is 22.7 Å². The summed E-state index contributed by atoms with van der Waals surface area (Å²) < 4.78 is 41.5. The highest BCUT2D eigenvalue weighted by atomic mass is 32.1. The average Bonchev–Trinajstić information content (AvgIpc) is 3.31. The molecule has 0 spiro atoms. The molecular weight excluding hydrogens is 646 g/mol. The molecule has 1 saturated carbocycles. The number of piperidine rings is 1. The molecule has 1 unspecified atom stereocenters. The predicted molar refractivity (Wildman–Crippen MR) is 178 cm³/mol. The van der Waals surface area contributed by atoms with Gasteiger partial charge in [0.05, 0.1) is 27.1 Å². The molecule has 14 heteroatoms. The number of rotatable bonds is 9. The Morgan fingerprint density at radius 3 is 2.11 bits per heavy atom. The molecule has 258 valence electrons. The number of aromatic nitrogens is 2. The molecule has 5 atom stereocenters. The van der Waals surface area contributed by atoms with Gasteiger partial charge in [-0.25, -0.2) is 4.98 Å². The summed E-state index contributed by atoms with van der Waals surface area (Å²) in [6.07, 6.45) is -1.94. The number of halogens is 3. The van der Waals surface area contributed by atoms with E-state index >= 15 is 0 Å². The van der Waals surface area contributed by atoms with E-state index in [0.717, 1.165) is 9.33 Å². The van der Waals surface area contributed by atoms with Crippen LogP contribution in [0.3, 0.4) is 0 Å². The van der Waals surface area contributed by atoms with Crippen molar-refractivity contribution in [3.63, 3.8) is 0 Å². The molecule has 2 N–H and O–H groups in total. The Kier molecular flexibility index (Phi) is 9.73. The molecular formula is C33H47F3N6O3SSi. The summed E-state index contributed by atoms with van der Waals surface area (Å²) in [5, 5.41) is 15.1. The number of nitrogens with one attached hydrogen (secondary N) is 2. The van der Waals surface area contributed by atoms with Gasteiger partial charge in [-0.05, 0) is 39.3 Å². The number of likely N-dealkylation sites (tertiary alicyclic amines) is 1. The minimum Gasteiger partial charge on any atom is -0.336 e. The molecule has 2 aromatic heterocycles. The minimum atomic E-state index is -5.18. The maximum atomic E-state index is 14.1. The average molecular weight is 693 g/mol. The Morgan fingerprint density at radius 2 is 1.62 bits per heavy atom. The maximum absolute atomic E-state index is 14.1. The highest BCUT2D eigenvalue weighted by Crippen LogP contribution is 2.65. The van der Waals surface area contributed by atoms with E-state index in [0.29, 0.717) is 27.7 Å². The van der Waals surface area contributed by atoms with Crippen LogP contribution in [0.1, 0.15) is 87.8 Å². The summed E-state index contributed by atoms with van der Waals surface area (Å²) in [4.78, 5) is 50.6. The number of amides is 3. The number of pyridine rings is 1. The van der Waals surface area contributed by atoms with Gasteiger partial charge in [-0.2, -0.15) is 18.4 Å². The second-order valence-electron chi connectivity index (χ2n) is 15.7. The summed E-state index contributed by atoms with van der Waals surface area (Å²) in [7, 11) is -2.13. The van der Waals surface area contributed by atoms with Crippen molar-refractivity contribution in [2.75, 3.05) is 6.54 Å². The van der Waals surface area contributed by atoms with Crippen molar-refractivity contribution in [3.05, 3.63) is 18.0 Å². The van der Waals surface area contributed by atoms with Gasteiger partial charge in [-0.15, -0.1) is 11.3 Å². The summed E-state index contributed by atoms with van der Waals surface area (Å²) in [6.45, 7) is 22.3. The van der Waals surface area contributed by atoms with E-state index in [9.17, 15) is 32.8 Å². The number of nitriles is 1. The molecule has 4 rings (SSSR count). The second-order valence-corrected chi connectivity index (χ2v) is 22.9. The van der Waals surface area contributed by atoms with Crippen LogP contribution in [0.25, 0.3) is 10.2 Å². The Labute approximate surface area is 280 Å². The van der Waals surface area contributed by atoms with Gasteiger partial charge < -0.3 is 15.5 Å². The van der Waals surface area contributed by atoms with Gasteiger partial charge in [-0.1, -0.05) is 76.2 Å². The fourth-order valence-electron chi connectivity index (χ4n) is 8.25. The van der Waals surface area contributed by atoms with E-state index in [4.69, 9.17) is 4.98 Å². The van der Waals surface area contributed by atoms with E-state index in [-0.39, 0.29) is 23.8 Å². The summed E-state index contributed by atoms with van der Waals surface area (Å²) in [5.41, 5.74) is 1.01. The molecule has 2 aliphatic rings. The first-order valence-corrected chi connectivity index (χ1v) is 19.2. The second kappa shape index (κ2) is 12.4. The van der Waals surface area contributed by atoms with Crippen LogP contribution >= 0.6 is 11.3 Å². The Bertz CT molecular complexity index is 1570. The first-order valence-electron chi connectivity index (χ1n) is 16.2. The van der Waals surface area contributed by atoms with Crippen LogP contribution in [-0.4, -0.2) is 65.5 Å². The monoisotopic (exact) mass is 692 g/mol. The molecule has 1 saturated heterocycles. The van der Waals surface area contributed by atoms with Crippen LogP contribution in [0.15, 0.2) is 12.4 Å². The largest absolute Gasteiger partial charge is 0.471 e. The van der Waals surface area contributed by atoms with Crippen molar-refractivity contribution in [1.82, 2.24) is 25.5 Å². The third-order valence-corrected chi connectivity index (χ3v) is 19.6. The van der Waals surface area contributed by atoms with Gasteiger partial charge in [0.1, 0.15) is 26.2 Å². The first kappa shape index (κ1) is 36.8. The topological polar surface area (TPSA) is 128 Å². The minimum absolute atomic E-state index is 0.0583. The third-order valence-electron chi connectivity index (χ3n) is 10.7. The van der Waals surface area contributed by atoms with E-state index in [1.54, 1.807) is 44.5 Å². The molecule has 9 nitrogen and oxygen atoms in total. The number of alkyl halides is 3. The number of carbonyl (C=O) groups excluding carboxylic acids is 3. The molecule has 0 radical (unpaired) electrons. The van der Waals surface area contributed by atoms with Crippen LogP contribution in [-0.2, 0) is 14.4 Å². The highest BCUT2D eigenvalue weighted by molar-refractivity contribution is 7.31. The van der Waals surface area contributed by atoms with Crippen molar-refractivity contribution in [2.45, 2.75) is 117 Å². The van der Waals surface area contributed by atoms with Gasteiger partial charge in [0.25, 0.3) is 0 Å². The fourth-order valence-corrected chi connectivity index (χ4v) is 18.0. The molecule has 0 bridgehead atoms. The first-order chi connectivity index (χ1) is 21.5. The lowest BCUT2D eigenvalue weighted by Gasteiger charge is -2.41. The lowest BCUT2D eigenvalue weighted by Crippen LogP contribution is -2.60. The van der Waals surface area contributed by atoms with E-state index in [1.165, 1.54) is 4.90 Å². The third kappa shape index (κ3) is 6.30. The van der Waals surface area contributed by atoms with Crippen LogP contribution in [0.2, 0.25) is 16.6 Å². The molecule has 1 aliphatic heterocycles. The Balaban J connectivity index is 1.70. The quantitative estimate of drug-likeness (QED) is 0.318. The van der Waals surface area contributed by atoms with Gasteiger partial charge in [0, 0.05) is 18.3 Å². The van der Waals surface area contributed by atoms with Crippen LogP contribution in [0.4, 0.5) is 13.2 Å². The van der Waals surface area contributed by atoms with Crippen LogP contribution < -0.4 is 15.3 Å². The van der Waals surface area contributed by atoms with Gasteiger partial charge in [0.2, 0.25) is 11.8 Å². The molecule has 0 aromatic carbocycles. The number of nitrogens with zero attached hydrogens (tertiary/aromatic N) is 4. The van der Waals surface area contributed by atoms with Crippen LogP contribution in [0.5, 0.6) is 0 Å². The Hall–Kier alpha value is -3.05. The summed E-state index contributed by atoms with van der Waals surface area (Å²) in [5.74, 6) is -3.87. The van der Waals surface area contributed by atoms with Gasteiger partial charge in [0.15, 0.2) is 0 Å². The lowest BCUT2D eigenvalue weighted by molar-refractivity contribution is -0.176. The fraction of sp³-hybridized carbons (Fsp3) is 0.697. The van der Waals surface area contributed by atoms with E-state index in [1.807, 2.05) is 19.2 Å². The zero-order chi connectivity index (χ0) is 35.6. The summed E-state index contributed by atoms with van der Waals surface area (Å²) >= 11 is 1.56. The Morgan fingerprint density at radius 1 is 1.04 bits per heavy atom. The zero-order valence-electron chi connectivity index (χ0n) is 29.0. The van der Waals surface area contributed by atoms with Crippen LogP contribution in [0, 0.1) is 34.0 Å². The van der Waals surface area contributed by atoms with Crippen molar-refractivity contribution >= 4 is 52.0 Å². The maximum Gasteiger partial charge on any atom is 0.471 e. The molecule has 47 heavy (non-hydrogen) atoms. The van der Waals surface area contributed by atoms with E-state index in [2.05, 4.69) is 57.9 Å². The van der Waals surface area contributed by atoms with E-state index < -0.39 is 55.5 Å². The molecule has 2 aromatic rings. The van der Waals surface area contributed by atoms with Crippen molar-refractivity contribution < 1.29 is 27.6 Å². The molecule has 3 amide bonds. The molecule has 1 aliphatic carbocycles.